The maximum atomic E-state index is 11.8. The minimum Gasteiger partial charge on any atom is -0.387 e. The molecule has 3 N–H and O–H groups in total. The first-order valence-corrected chi connectivity index (χ1v) is 6.96. The van der Waals surface area contributed by atoms with Crippen LogP contribution in [0, 0.1) is 5.92 Å². The highest BCUT2D eigenvalue weighted by atomic mass is 35.5. The fourth-order valence-corrected chi connectivity index (χ4v) is 2.42. The summed E-state index contributed by atoms with van der Waals surface area (Å²) in [4.78, 5) is 11.8. The lowest BCUT2D eigenvalue weighted by molar-refractivity contribution is -0.122. The van der Waals surface area contributed by atoms with E-state index < -0.39 is 6.10 Å². The van der Waals surface area contributed by atoms with E-state index in [0.29, 0.717) is 12.3 Å². The molecule has 0 aromatic heterocycles. The summed E-state index contributed by atoms with van der Waals surface area (Å²) in [5, 5.41) is 16.1. The molecule has 1 atom stereocenters. The molecule has 0 bridgehead atoms. The lowest BCUT2D eigenvalue weighted by Gasteiger charge is -2.22. The molecule has 20 heavy (non-hydrogen) atoms. The molecule has 0 aliphatic carbocycles. The molecule has 1 aromatic carbocycles. The Morgan fingerprint density at radius 3 is 2.60 bits per heavy atom. The van der Waals surface area contributed by atoms with E-state index in [4.69, 9.17) is 0 Å². The highest BCUT2D eigenvalue weighted by Gasteiger charge is 2.17. The smallest absolute Gasteiger partial charge is 0.220 e. The van der Waals surface area contributed by atoms with Crippen LogP contribution in [0.3, 0.4) is 0 Å². The van der Waals surface area contributed by atoms with Gasteiger partial charge in [0.15, 0.2) is 0 Å². The first-order chi connectivity index (χ1) is 9.25. The van der Waals surface area contributed by atoms with Crippen molar-refractivity contribution in [3.63, 3.8) is 0 Å². The molecule has 0 saturated carbocycles. The summed E-state index contributed by atoms with van der Waals surface area (Å²) in [6, 6.07) is 9.41. The summed E-state index contributed by atoms with van der Waals surface area (Å²) in [5.41, 5.74) is 0.838. The molecule has 0 spiro atoms. The quantitative estimate of drug-likeness (QED) is 0.774. The fourth-order valence-electron chi connectivity index (χ4n) is 2.42. The molecule has 1 aromatic rings. The Morgan fingerprint density at radius 2 is 1.95 bits per heavy atom. The predicted octanol–water partition coefficient (Wildman–Crippen LogP) is 1.65. The Kier molecular flexibility index (Phi) is 7.59. The van der Waals surface area contributed by atoms with E-state index in [2.05, 4.69) is 10.6 Å². The minimum absolute atomic E-state index is 0. The van der Waals surface area contributed by atoms with Gasteiger partial charge in [0.2, 0.25) is 5.91 Å². The Bertz CT molecular complexity index is 394. The summed E-state index contributed by atoms with van der Waals surface area (Å²) in [7, 11) is 0. The summed E-state index contributed by atoms with van der Waals surface area (Å²) < 4.78 is 0. The minimum atomic E-state index is -0.627. The molecule has 0 radical (unpaired) electrons. The van der Waals surface area contributed by atoms with Gasteiger partial charge in [-0.05, 0) is 37.4 Å². The third-order valence-electron chi connectivity index (χ3n) is 3.61. The second-order valence-corrected chi connectivity index (χ2v) is 5.13. The van der Waals surface area contributed by atoms with Gasteiger partial charge in [-0.25, -0.2) is 0 Å². The van der Waals surface area contributed by atoms with E-state index in [-0.39, 0.29) is 24.9 Å². The van der Waals surface area contributed by atoms with Crippen molar-refractivity contribution in [2.45, 2.75) is 25.4 Å². The number of aliphatic hydroxyl groups excluding tert-OH is 1. The molecule has 1 aliphatic rings. The van der Waals surface area contributed by atoms with Crippen molar-refractivity contribution in [2.75, 3.05) is 19.6 Å². The van der Waals surface area contributed by atoms with Crippen molar-refractivity contribution in [1.82, 2.24) is 10.6 Å². The van der Waals surface area contributed by atoms with Gasteiger partial charge in [0.25, 0.3) is 0 Å². The van der Waals surface area contributed by atoms with Gasteiger partial charge in [0, 0.05) is 13.0 Å². The molecule has 1 aliphatic heterocycles. The molecule has 112 valence electrons. The number of piperidine rings is 1. The number of amides is 1. The summed E-state index contributed by atoms with van der Waals surface area (Å²) >= 11 is 0. The number of benzene rings is 1. The number of hydrogen-bond donors (Lipinski definition) is 3. The van der Waals surface area contributed by atoms with Crippen molar-refractivity contribution in [3.05, 3.63) is 35.9 Å². The van der Waals surface area contributed by atoms with Gasteiger partial charge in [-0.1, -0.05) is 30.3 Å². The first kappa shape index (κ1) is 17.0. The lowest BCUT2D eigenvalue weighted by atomic mass is 9.94. The highest BCUT2D eigenvalue weighted by Crippen LogP contribution is 2.16. The van der Waals surface area contributed by atoms with E-state index in [1.807, 2.05) is 30.3 Å². The van der Waals surface area contributed by atoms with Crippen molar-refractivity contribution in [1.29, 1.82) is 0 Å². The van der Waals surface area contributed by atoms with Crippen LogP contribution in [0.4, 0.5) is 0 Å². The number of halogens is 1. The average molecular weight is 299 g/mol. The van der Waals surface area contributed by atoms with Crippen LogP contribution in [0.2, 0.25) is 0 Å². The summed E-state index contributed by atoms with van der Waals surface area (Å²) in [5.74, 6) is 0.525. The van der Waals surface area contributed by atoms with Gasteiger partial charge < -0.3 is 15.7 Å². The SMILES string of the molecule is Cl.O=C(CC1CCNCC1)NCC(O)c1ccccc1. The molecule has 2 rings (SSSR count). The van der Waals surface area contributed by atoms with Crippen LogP contribution in [0.1, 0.15) is 30.9 Å². The standard InChI is InChI=1S/C15H22N2O2.ClH/c18-14(13-4-2-1-3-5-13)11-17-15(19)10-12-6-8-16-9-7-12;/h1-5,12,14,16,18H,6-11H2,(H,17,19);1H. The molecule has 1 unspecified atom stereocenters. The van der Waals surface area contributed by atoms with E-state index in [0.717, 1.165) is 31.5 Å². The third-order valence-corrected chi connectivity index (χ3v) is 3.61. The number of carbonyl (C=O) groups excluding carboxylic acids is 1. The summed E-state index contributed by atoms with van der Waals surface area (Å²) in [6.45, 7) is 2.29. The van der Waals surface area contributed by atoms with Gasteiger partial charge >= 0.3 is 0 Å². The molecule has 1 heterocycles. The first-order valence-electron chi connectivity index (χ1n) is 6.96. The van der Waals surface area contributed by atoms with E-state index in [1.54, 1.807) is 0 Å². The van der Waals surface area contributed by atoms with Crippen molar-refractivity contribution in [2.24, 2.45) is 5.92 Å². The van der Waals surface area contributed by atoms with Gasteiger partial charge in [0.1, 0.15) is 0 Å². The average Bonchev–Trinajstić information content (AvgIpc) is 2.47. The van der Waals surface area contributed by atoms with E-state index in [1.165, 1.54) is 0 Å². The van der Waals surface area contributed by atoms with Gasteiger partial charge in [0.05, 0.1) is 6.10 Å². The van der Waals surface area contributed by atoms with Crippen molar-refractivity contribution in [3.8, 4) is 0 Å². The zero-order chi connectivity index (χ0) is 13.5. The Labute approximate surface area is 126 Å². The van der Waals surface area contributed by atoms with E-state index >= 15 is 0 Å². The van der Waals surface area contributed by atoms with Crippen LogP contribution in [-0.4, -0.2) is 30.6 Å². The normalized spacial score (nSPS) is 17.1. The summed E-state index contributed by atoms with van der Waals surface area (Å²) in [6.07, 6.45) is 2.07. The second kappa shape index (κ2) is 8.95. The van der Waals surface area contributed by atoms with Crippen LogP contribution in [0.15, 0.2) is 30.3 Å². The molecule has 5 heteroatoms. The molecule has 1 fully saturated rings. The Balaban J connectivity index is 0.00000200. The maximum absolute atomic E-state index is 11.8. The molecular formula is C15H23ClN2O2. The number of rotatable bonds is 5. The van der Waals surface area contributed by atoms with Crippen LogP contribution < -0.4 is 10.6 Å². The van der Waals surface area contributed by atoms with Crippen molar-refractivity contribution < 1.29 is 9.90 Å². The van der Waals surface area contributed by atoms with Crippen LogP contribution in [-0.2, 0) is 4.79 Å². The van der Waals surface area contributed by atoms with Gasteiger partial charge in [-0.3, -0.25) is 4.79 Å². The van der Waals surface area contributed by atoms with Crippen LogP contribution in [0.25, 0.3) is 0 Å². The second-order valence-electron chi connectivity index (χ2n) is 5.13. The number of nitrogens with one attached hydrogen (secondary N) is 2. The molecule has 4 nitrogen and oxygen atoms in total. The number of carbonyl (C=O) groups is 1. The van der Waals surface area contributed by atoms with Gasteiger partial charge in [-0.2, -0.15) is 0 Å². The van der Waals surface area contributed by atoms with Crippen LogP contribution >= 0.6 is 12.4 Å². The van der Waals surface area contributed by atoms with Crippen molar-refractivity contribution >= 4 is 18.3 Å². The van der Waals surface area contributed by atoms with E-state index in [9.17, 15) is 9.90 Å². The zero-order valence-electron chi connectivity index (χ0n) is 11.5. The number of hydrogen-bond acceptors (Lipinski definition) is 3. The third kappa shape index (κ3) is 5.49. The maximum Gasteiger partial charge on any atom is 0.220 e. The zero-order valence-corrected chi connectivity index (χ0v) is 12.4. The highest BCUT2D eigenvalue weighted by molar-refractivity contribution is 5.85. The monoisotopic (exact) mass is 298 g/mol. The number of aliphatic hydroxyl groups is 1. The predicted molar refractivity (Wildman–Crippen MR) is 81.9 cm³/mol. The molecular weight excluding hydrogens is 276 g/mol. The topological polar surface area (TPSA) is 61.4 Å². The van der Waals surface area contributed by atoms with Gasteiger partial charge in [-0.15, -0.1) is 12.4 Å². The van der Waals surface area contributed by atoms with Crippen LogP contribution in [0.5, 0.6) is 0 Å². The fraction of sp³-hybridized carbons (Fsp3) is 0.533. The largest absolute Gasteiger partial charge is 0.387 e. The lowest BCUT2D eigenvalue weighted by Crippen LogP contribution is -2.33. The molecule has 1 amide bonds. The molecule has 1 saturated heterocycles. The Hall–Kier alpha value is -1.10. The Morgan fingerprint density at radius 1 is 1.30 bits per heavy atom.